The van der Waals surface area contributed by atoms with Gasteiger partial charge in [-0.15, -0.1) is 0 Å². The molecule has 0 radical (unpaired) electrons. The number of amides is 2. The quantitative estimate of drug-likeness (QED) is 0.598. The molecule has 0 spiro atoms. The lowest BCUT2D eigenvalue weighted by atomic mass is 10.1. The number of carbonyl (C=O) groups is 2. The zero-order valence-electron chi connectivity index (χ0n) is 13.1. The van der Waals surface area contributed by atoms with Crippen LogP contribution in [0.5, 0.6) is 0 Å². The van der Waals surface area contributed by atoms with E-state index < -0.39 is 6.04 Å². The molecule has 124 valence electrons. The second kappa shape index (κ2) is 7.87. The summed E-state index contributed by atoms with van der Waals surface area (Å²) in [6.45, 7) is 1.73. The van der Waals surface area contributed by atoms with Crippen LogP contribution in [0, 0.1) is 0 Å². The van der Waals surface area contributed by atoms with E-state index in [4.69, 9.17) is 0 Å². The number of rotatable bonds is 7. The SMILES string of the molecule is CSCC[C@H](NC(C)=O)C(=O)NCc1ccc2[nH]c(=O)[nH]c2c1. The monoisotopic (exact) mass is 336 g/mol. The third-order valence-corrected chi connectivity index (χ3v) is 4.00. The van der Waals surface area contributed by atoms with E-state index in [2.05, 4.69) is 20.6 Å². The number of aromatic nitrogens is 2. The van der Waals surface area contributed by atoms with Gasteiger partial charge in [-0.3, -0.25) is 9.59 Å². The Morgan fingerprint density at radius 3 is 2.70 bits per heavy atom. The van der Waals surface area contributed by atoms with Crippen molar-refractivity contribution in [2.24, 2.45) is 0 Å². The molecule has 2 rings (SSSR count). The summed E-state index contributed by atoms with van der Waals surface area (Å²) < 4.78 is 0. The van der Waals surface area contributed by atoms with Gasteiger partial charge in [0.15, 0.2) is 0 Å². The van der Waals surface area contributed by atoms with Crippen LogP contribution in [0.4, 0.5) is 0 Å². The number of fused-ring (bicyclic) bond motifs is 1. The third-order valence-electron chi connectivity index (χ3n) is 3.35. The Hall–Kier alpha value is -2.22. The van der Waals surface area contributed by atoms with E-state index >= 15 is 0 Å². The number of nitrogens with one attached hydrogen (secondary N) is 4. The Bertz CT molecular complexity index is 753. The molecule has 2 amide bonds. The number of imidazole rings is 1. The second-order valence-corrected chi connectivity index (χ2v) is 6.20. The van der Waals surface area contributed by atoms with Crippen molar-refractivity contribution >= 4 is 34.6 Å². The van der Waals surface area contributed by atoms with Crippen molar-refractivity contribution in [1.29, 1.82) is 0 Å². The van der Waals surface area contributed by atoms with Gasteiger partial charge in [0.25, 0.3) is 0 Å². The van der Waals surface area contributed by atoms with Gasteiger partial charge in [-0.25, -0.2) is 4.79 Å². The van der Waals surface area contributed by atoms with Crippen molar-refractivity contribution in [3.8, 4) is 0 Å². The predicted molar refractivity (Wildman–Crippen MR) is 91.4 cm³/mol. The van der Waals surface area contributed by atoms with E-state index in [1.165, 1.54) is 6.92 Å². The molecule has 1 heterocycles. The van der Waals surface area contributed by atoms with E-state index in [0.717, 1.165) is 16.8 Å². The van der Waals surface area contributed by atoms with Crippen LogP contribution in [0.3, 0.4) is 0 Å². The Morgan fingerprint density at radius 1 is 1.26 bits per heavy atom. The van der Waals surface area contributed by atoms with Crippen LogP contribution >= 0.6 is 11.8 Å². The lowest BCUT2D eigenvalue weighted by Gasteiger charge is -2.17. The smallest absolute Gasteiger partial charge is 0.323 e. The van der Waals surface area contributed by atoms with Gasteiger partial charge in [-0.1, -0.05) is 6.07 Å². The Kier molecular flexibility index (Phi) is 5.86. The van der Waals surface area contributed by atoms with Crippen molar-refractivity contribution in [2.75, 3.05) is 12.0 Å². The summed E-state index contributed by atoms with van der Waals surface area (Å²) in [5, 5.41) is 5.49. The average Bonchev–Trinajstić information content (AvgIpc) is 2.87. The molecular weight excluding hydrogens is 316 g/mol. The molecule has 1 aromatic carbocycles. The van der Waals surface area contributed by atoms with Gasteiger partial charge < -0.3 is 20.6 Å². The molecule has 0 aliphatic carbocycles. The first-order valence-corrected chi connectivity index (χ1v) is 8.63. The number of carbonyl (C=O) groups excluding carboxylic acids is 2. The molecule has 7 nitrogen and oxygen atoms in total. The molecule has 1 aromatic heterocycles. The van der Waals surface area contributed by atoms with Crippen LogP contribution < -0.4 is 16.3 Å². The zero-order chi connectivity index (χ0) is 16.8. The summed E-state index contributed by atoms with van der Waals surface area (Å²) in [5.41, 5.74) is 2.03. The van der Waals surface area contributed by atoms with Crippen molar-refractivity contribution in [3.05, 3.63) is 34.2 Å². The van der Waals surface area contributed by atoms with Gasteiger partial charge in [0.2, 0.25) is 11.8 Å². The molecule has 0 fully saturated rings. The number of H-pyrrole nitrogens is 2. The molecule has 2 aromatic rings. The highest BCUT2D eigenvalue weighted by atomic mass is 32.2. The fourth-order valence-electron chi connectivity index (χ4n) is 2.25. The van der Waals surface area contributed by atoms with Gasteiger partial charge in [-0.2, -0.15) is 11.8 Å². The van der Waals surface area contributed by atoms with Crippen LogP contribution in [0.2, 0.25) is 0 Å². The maximum atomic E-state index is 12.2. The normalized spacial score (nSPS) is 12.1. The predicted octanol–water partition coefficient (Wildman–Crippen LogP) is 0.730. The summed E-state index contributed by atoms with van der Waals surface area (Å²) in [6.07, 6.45) is 2.53. The summed E-state index contributed by atoms with van der Waals surface area (Å²) in [4.78, 5) is 40.0. The third kappa shape index (κ3) is 4.88. The Morgan fingerprint density at radius 2 is 2.00 bits per heavy atom. The lowest BCUT2D eigenvalue weighted by Crippen LogP contribution is -2.46. The van der Waals surface area contributed by atoms with Crippen LogP contribution in [0.1, 0.15) is 18.9 Å². The number of hydrogen-bond acceptors (Lipinski definition) is 4. The fraction of sp³-hybridized carbons (Fsp3) is 0.400. The molecule has 0 saturated heterocycles. The minimum absolute atomic E-state index is 0.211. The minimum atomic E-state index is -0.532. The first kappa shape index (κ1) is 17.1. The van der Waals surface area contributed by atoms with Crippen LogP contribution in [0.15, 0.2) is 23.0 Å². The molecule has 1 atom stereocenters. The Labute approximate surface area is 137 Å². The molecule has 23 heavy (non-hydrogen) atoms. The first-order chi connectivity index (χ1) is 11.0. The first-order valence-electron chi connectivity index (χ1n) is 7.24. The highest BCUT2D eigenvalue weighted by molar-refractivity contribution is 7.98. The van der Waals surface area contributed by atoms with Gasteiger partial charge in [0, 0.05) is 13.5 Å². The maximum Gasteiger partial charge on any atom is 0.323 e. The van der Waals surface area contributed by atoms with Crippen molar-refractivity contribution < 1.29 is 9.59 Å². The van der Waals surface area contributed by atoms with Crippen LogP contribution in [-0.4, -0.2) is 39.8 Å². The van der Waals surface area contributed by atoms with Gasteiger partial charge >= 0.3 is 5.69 Å². The largest absolute Gasteiger partial charge is 0.350 e. The van der Waals surface area contributed by atoms with E-state index in [0.29, 0.717) is 18.5 Å². The topological polar surface area (TPSA) is 107 Å². The highest BCUT2D eigenvalue weighted by Crippen LogP contribution is 2.10. The van der Waals surface area contributed by atoms with Crippen LogP contribution in [-0.2, 0) is 16.1 Å². The summed E-state index contributed by atoms with van der Waals surface area (Å²) >= 11 is 1.62. The van der Waals surface area contributed by atoms with Crippen molar-refractivity contribution in [3.63, 3.8) is 0 Å². The summed E-state index contributed by atoms with van der Waals surface area (Å²) in [6, 6.07) is 4.90. The zero-order valence-corrected chi connectivity index (χ0v) is 13.9. The van der Waals surface area contributed by atoms with E-state index in [1.807, 2.05) is 18.4 Å². The van der Waals surface area contributed by atoms with Crippen molar-refractivity contribution in [2.45, 2.75) is 25.9 Å². The summed E-state index contributed by atoms with van der Waals surface area (Å²) in [7, 11) is 0. The van der Waals surface area contributed by atoms with E-state index in [9.17, 15) is 14.4 Å². The minimum Gasteiger partial charge on any atom is -0.350 e. The number of benzene rings is 1. The number of hydrogen-bond donors (Lipinski definition) is 4. The fourth-order valence-corrected chi connectivity index (χ4v) is 2.72. The molecule has 0 saturated carbocycles. The van der Waals surface area contributed by atoms with Gasteiger partial charge in [-0.05, 0) is 36.1 Å². The number of thioether (sulfide) groups is 1. The van der Waals surface area contributed by atoms with Crippen LogP contribution in [0.25, 0.3) is 11.0 Å². The molecule has 0 bridgehead atoms. The van der Waals surface area contributed by atoms with E-state index in [-0.39, 0.29) is 17.5 Å². The summed E-state index contributed by atoms with van der Waals surface area (Å²) in [5.74, 6) is 0.351. The van der Waals surface area contributed by atoms with Gasteiger partial charge in [0.05, 0.1) is 11.0 Å². The van der Waals surface area contributed by atoms with E-state index in [1.54, 1.807) is 17.8 Å². The maximum absolute atomic E-state index is 12.2. The van der Waals surface area contributed by atoms with Gasteiger partial charge in [0.1, 0.15) is 6.04 Å². The molecule has 0 aliphatic heterocycles. The van der Waals surface area contributed by atoms with Crippen molar-refractivity contribution in [1.82, 2.24) is 20.6 Å². The molecular formula is C15H20N4O3S. The molecule has 0 unspecified atom stereocenters. The lowest BCUT2D eigenvalue weighted by molar-refractivity contribution is -0.128. The Balaban J connectivity index is 1.99. The highest BCUT2D eigenvalue weighted by Gasteiger charge is 2.18. The standard InChI is InChI=1S/C15H20N4O3S/c1-9(20)17-12(5-6-23-2)14(21)16-8-10-3-4-11-13(7-10)19-15(22)18-11/h3-4,7,12H,5-6,8H2,1-2H3,(H,16,21)(H,17,20)(H2,18,19,22)/t12-/m0/s1. The number of aromatic amines is 2. The average molecular weight is 336 g/mol. The molecule has 0 aliphatic rings. The molecule has 4 N–H and O–H groups in total. The molecule has 8 heteroatoms. The second-order valence-electron chi connectivity index (χ2n) is 5.21.